The Morgan fingerprint density at radius 3 is 2.44 bits per heavy atom. The van der Waals surface area contributed by atoms with E-state index in [2.05, 4.69) is 15.3 Å². The number of carbonyl (C=O) groups is 2. The fourth-order valence-electron chi connectivity index (χ4n) is 6.35. The monoisotopic (exact) mass is 544 g/mol. The predicted molar refractivity (Wildman–Crippen MR) is 157 cm³/mol. The molecule has 2 aromatic carbocycles. The van der Waals surface area contributed by atoms with E-state index in [4.69, 9.17) is 5.73 Å². The van der Waals surface area contributed by atoms with Crippen LogP contribution in [0.15, 0.2) is 78.0 Å². The molecule has 0 bridgehead atoms. The first-order chi connectivity index (χ1) is 19.8. The second-order valence-corrected chi connectivity index (χ2v) is 11.2. The lowest BCUT2D eigenvalue weighted by atomic mass is 9.60. The first-order valence-corrected chi connectivity index (χ1v) is 13.7. The number of carbonyl (C=O) groups excluding carboxylic acids is 2. The SMILES string of the molecule is Cn1cc(-c2ccc(NC(=O)c3cc4c(n(-c5ccccc5)c3=O)CC3(CCC3)CC4=O)cc2)c2c(N)ncnc21. The molecule has 204 valence electrons. The number of hydrogen-bond acceptors (Lipinski definition) is 6. The van der Waals surface area contributed by atoms with Crippen molar-refractivity contribution in [3.63, 3.8) is 0 Å². The number of amides is 1. The highest BCUT2D eigenvalue weighted by Crippen LogP contribution is 2.50. The molecule has 0 atom stereocenters. The molecule has 0 saturated heterocycles. The van der Waals surface area contributed by atoms with Crippen molar-refractivity contribution in [2.75, 3.05) is 11.1 Å². The fourth-order valence-corrected chi connectivity index (χ4v) is 6.35. The summed E-state index contributed by atoms with van der Waals surface area (Å²) in [5.41, 5.74) is 10.4. The molecule has 2 aliphatic carbocycles. The van der Waals surface area contributed by atoms with E-state index in [-0.39, 0.29) is 16.8 Å². The molecule has 9 heteroatoms. The van der Waals surface area contributed by atoms with Gasteiger partial charge in [-0.25, -0.2) is 9.97 Å². The maximum atomic E-state index is 13.9. The Bertz CT molecular complexity index is 1920. The van der Waals surface area contributed by atoms with Gasteiger partial charge in [0, 0.05) is 47.9 Å². The van der Waals surface area contributed by atoms with Crippen molar-refractivity contribution < 1.29 is 9.59 Å². The van der Waals surface area contributed by atoms with E-state index in [1.165, 1.54) is 12.4 Å². The van der Waals surface area contributed by atoms with E-state index >= 15 is 0 Å². The minimum atomic E-state index is -0.560. The third kappa shape index (κ3) is 4.04. The number of Topliss-reactive ketones (excluding diaryl/α,β-unsaturated/α-hetero) is 1. The molecule has 0 aliphatic heterocycles. The Balaban J connectivity index is 1.24. The molecule has 3 heterocycles. The van der Waals surface area contributed by atoms with Crippen LogP contribution in [0, 0.1) is 5.41 Å². The van der Waals surface area contributed by atoms with Crippen LogP contribution in [0.5, 0.6) is 0 Å². The zero-order valence-electron chi connectivity index (χ0n) is 22.6. The van der Waals surface area contributed by atoms with Gasteiger partial charge < -0.3 is 15.6 Å². The summed E-state index contributed by atoms with van der Waals surface area (Å²) in [6, 6.07) is 18.0. The average molecular weight is 545 g/mol. The molecule has 1 spiro atoms. The molecular formula is C32H28N6O3. The summed E-state index contributed by atoms with van der Waals surface area (Å²) in [6.07, 6.45) is 7.55. The number of ketones is 1. The number of nitrogen functional groups attached to an aromatic ring is 1. The molecule has 2 aliphatic rings. The molecular weight excluding hydrogens is 516 g/mol. The number of para-hydroxylation sites is 1. The molecule has 3 N–H and O–H groups in total. The maximum absolute atomic E-state index is 13.9. The van der Waals surface area contributed by atoms with Crippen molar-refractivity contribution in [2.24, 2.45) is 12.5 Å². The standard InChI is InChI=1S/C32H28N6O3/c1-37-17-24(27-28(33)34-18-35-29(27)37)19-8-10-20(11-9-19)36-30(40)23-14-22-25(15-32(12-5-13-32)16-26(22)39)38(31(23)41)21-6-3-2-4-7-21/h2-4,6-11,14,17-18H,5,12-13,15-16H2,1H3,(H,36,40)(H2,33,34,35). The molecule has 9 nitrogen and oxygen atoms in total. The van der Waals surface area contributed by atoms with Crippen molar-refractivity contribution in [1.82, 2.24) is 19.1 Å². The van der Waals surface area contributed by atoms with Crippen molar-refractivity contribution >= 4 is 34.2 Å². The Morgan fingerprint density at radius 1 is 0.976 bits per heavy atom. The lowest BCUT2D eigenvalue weighted by molar-refractivity contribution is 0.0701. The molecule has 3 aromatic heterocycles. The van der Waals surface area contributed by atoms with E-state index in [1.54, 1.807) is 16.7 Å². The quantitative estimate of drug-likeness (QED) is 0.331. The Hall–Kier alpha value is -5.05. The normalized spacial score (nSPS) is 15.5. The highest BCUT2D eigenvalue weighted by molar-refractivity contribution is 6.07. The fraction of sp³-hybridized carbons (Fsp3) is 0.219. The van der Waals surface area contributed by atoms with Gasteiger partial charge in [-0.2, -0.15) is 0 Å². The molecule has 0 radical (unpaired) electrons. The van der Waals surface area contributed by atoms with Gasteiger partial charge in [-0.1, -0.05) is 36.8 Å². The summed E-state index contributed by atoms with van der Waals surface area (Å²) >= 11 is 0. The van der Waals surface area contributed by atoms with Crippen LogP contribution in [0.2, 0.25) is 0 Å². The van der Waals surface area contributed by atoms with Gasteiger partial charge in [-0.3, -0.25) is 19.0 Å². The van der Waals surface area contributed by atoms with Gasteiger partial charge in [-0.05, 0) is 60.6 Å². The lowest BCUT2D eigenvalue weighted by Gasteiger charge is -2.45. The highest BCUT2D eigenvalue weighted by atomic mass is 16.2. The number of aromatic nitrogens is 4. The Morgan fingerprint density at radius 2 is 1.73 bits per heavy atom. The Labute approximate surface area is 235 Å². The van der Waals surface area contributed by atoms with E-state index in [9.17, 15) is 14.4 Å². The minimum Gasteiger partial charge on any atom is -0.383 e. The number of benzene rings is 2. The largest absolute Gasteiger partial charge is 0.383 e. The van der Waals surface area contributed by atoms with Gasteiger partial charge in [0.15, 0.2) is 5.78 Å². The van der Waals surface area contributed by atoms with Gasteiger partial charge in [0.1, 0.15) is 23.4 Å². The number of pyridine rings is 1. The number of nitrogens with one attached hydrogen (secondary N) is 1. The van der Waals surface area contributed by atoms with E-state index in [0.29, 0.717) is 41.3 Å². The summed E-state index contributed by atoms with van der Waals surface area (Å²) in [7, 11) is 1.89. The van der Waals surface area contributed by atoms with Crippen molar-refractivity contribution in [2.45, 2.75) is 32.1 Å². The van der Waals surface area contributed by atoms with Gasteiger partial charge in [0.2, 0.25) is 0 Å². The highest BCUT2D eigenvalue weighted by Gasteiger charge is 2.44. The molecule has 41 heavy (non-hydrogen) atoms. The molecule has 0 unspecified atom stereocenters. The summed E-state index contributed by atoms with van der Waals surface area (Å²) < 4.78 is 3.46. The number of nitrogens with zero attached hydrogens (tertiary/aromatic N) is 4. The molecule has 1 saturated carbocycles. The van der Waals surface area contributed by atoms with Gasteiger partial charge in [-0.15, -0.1) is 0 Å². The summed E-state index contributed by atoms with van der Waals surface area (Å²) in [5.74, 6) is -0.176. The third-order valence-corrected chi connectivity index (χ3v) is 8.59. The van der Waals surface area contributed by atoms with Crippen LogP contribution >= 0.6 is 0 Å². The summed E-state index contributed by atoms with van der Waals surface area (Å²) in [5, 5.41) is 3.61. The van der Waals surface area contributed by atoms with Crippen molar-refractivity contribution in [3.05, 3.63) is 100 Å². The zero-order valence-corrected chi connectivity index (χ0v) is 22.6. The number of nitrogens with two attached hydrogens (primary N) is 1. The van der Waals surface area contributed by atoms with E-state index in [0.717, 1.165) is 41.4 Å². The van der Waals surface area contributed by atoms with Crippen LogP contribution in [0.3, 0.4) is 0 Å². The smallest absolute Gasteiger partial charge is 0.268 e. The van der Waals surface area contributed by atoms with Crippen LogP contribution in [0.1, 0.15) is 52.1 Å². The Kier molecular flexibility index (Phi) is 5.64. The van der Waals surface area contributed by atoms with Crippen LogP contribution in [-0.4, -0.2) is 30.8 Å². The maximum Gasteiger partial charge on any atom is 0.268 e. The molecule has 5 aromatic rings. The lowest BCUT2D eigenvalue weighted by Crippen LogP contribution is -2.42. The number of fused-ring (bicyclic) bond motifs is 2. The van der Waals surface area contributed by atoms with E-state index < -0.39 is 11.5 Å². The third-order valence-electron chi connectivity index (χ3n) is 8.59. The topological polar surface area (TPSA) is 125 Å². The van der Waals surface area contributed by atoms with Crippen molar-refractivity contribution in [1.29, 1.82) is 0 Å². The molecule has 1 amide bonds. The summed E-state index contributed by atoms with van der Waals surface area (Å²) in [6.45, 7) is 0. The zero-order chi connectivity index (χ0) is 28.3. The molecule has 1 fully saturated rings. The minimum absolute atomic E-state index is 0.00706. The van der Waals surface area contributed by atoms with Crippen LogP contribution in [-0.2, 0) is 13.5 Å². The summed E-state index contributed by atoms with van der Waals surface area (Å²) in [4.78, 5) is 49.2. The average Bonchev–Trinajstić information content (AvgIpc) is 3.30. The van der Waals surface area contributed by atoms with E-state index in [1.807, 2.05) is 60.3 Å². The van der Waals surface area contributed by atoms with Gasteiger partial charge in [0.05, 0.1) is 5.39 Å². The van der Waals surface area contributed by atoms with Crippen molar-refractivity contribution in [3.8, 4) is 16.8 Å². The first-order valence-electron chi connectivity index (χ1n) is 13.7. The van der Waals surface area contributed by atoms with Crippen LogP contribution < -0.4 is 16.6 Å². The number of hydrogen-bond donors (Lipinski definition) is 2. The molecule has 7 rings (SSSR count). The van der Waals surface area contributed by atoms with Crippen LogP contribution in [0.25, 0.3) is 27.8 Å². The van der Waals surface area contributed by atoms with Gasteiger partial charge >= 0.3 is 0 Å². The first kappa shape index (κ1) is 25.0. The van der Waals surface area contributed by atoms with Gasteiger partial charge in [0.25, 0.3) is 11.5 Å². The number of anilines is 2. The predicted octanol–water partition coefficient (Wildman–Crippen LogP) is 4.92. The van der Waals surface area contributed by atoms with Crippen LogP contribution in [0.4, 0.5) is 11.5 Å². The number of rotatable bonds is 4. The second-order valence-electron chi connectivity index (χ2n) is 11.2. The number of aryl methyl sites for hydroxylation is 1. The second kappa shape index (κ2) is 9.26.